The van der Waals surface area contributed by atoms with Crippen LogP contribution < -0.4 is 10.1 Å². The molecule has 0 unspecified atom stereocenters. The molecule has 1 fully saturated rings. The van der Waals surface area contributed by atoms with Gasteiger partial charge in [0.05, 0.1) is 17.4 Å². The number of rotatable bonds is 6. The van der Waals surface area contributed by atoms with Gasteiger partial charge in [-0.25, -0.2) is 8.42 Å². The predicted octanol–water partition coefficient (Wildman–Crippen LogP) is 3.12. The molecule has 2 aromatic carbocycles. The first-order chi connectivity index (χ1) is 13.0. The third kappa shape index (κ3) is 4.67. The summed E-state index contributed by atoms with van der Waals surface area (Å²) in [4.78, 5) is 12.9. The number of amides is 1. The second-order valence-electron chi connectivity index (χ2n) is 6.47. The molecule has 0 saturated carbocycles. The van der Waals surface area contributed by atoms with Crippen molar-refractivity contribution in [2.24, 2.45) is 5.92 Å². The summed E-state index contributed by atoms with van der Waals surface area (Å²) in [7, 11) is -3.58. The van der Waals surface area contributed by atoms with Gasteiger partial charge in [-0.05, 0) is 44.0 Å². The Morgan fingerprint density at radius 1 is 1.19 bits per heavy atom. The molecule has 0 spiro atoms. The van der Waals surface area contributed by atoms with Crippen LogP contribution in [-0.2, 0) is 14.8 Å². The molecule has 6 nitrogen and oxygen atoms in total. The number of hydrogen-bond donors (Lipinski definition) is 1. The van der Waals surface area contributed by atoms with Gasteiger partial charge in [-0.1, -0.05) is 24.3 Å². The SMILES string of the molecule is CCOc1cccc(NC(=O)[C@H]2CCCN(S(=O)(=O)c3ccccc3)C2)c1. The van der Waals surface area contributed by atoms with Crippen LogP contribution >= 0.6 is 0 Å². The highest BCUT2D eigenvalue weighted by atomic mass is 32.2. The summed E-state index contributed by atoms with van der Waals surface area (Å²) in [6, 6.07) is 15.5. The van der Waals surface area contributed by atoms with Crippen LogP contribution in [-0.4, -0.2) is 38.3 Å². The maximum absolute atomic E-state index is 12.8. The minimum absolute atomic E-state index is 0.170. The molecule has 1 amide bonds. The average molecular weight is 388 g/mol. The maximum atomic E-state index is 12.8. The van der Waals surface area contributed by atoms with E-state index in [1.54, 1.807) is 42.5 Å². The minimum Gasteiger partial charge on any atom is -0.494 e. The highest BCUT2D eigenvalue weighted by Crippen LogP contribution is 2.25. The van der Waals surface area contributed by atoms with Crippen molar-refractivity contribution >= 4 is 21.6 Å². The molecule has 1 aliphatic rings. The van der Waals surface area contributed by atoms with Gasteiger partial charge in [0.2, 0.25) is 15.9 Å². The second-order valence-corrected chi connectivity index (χ2v) is 8.40. The Labute approximate surface area is 160 Å². The van der Waals surface area contributed by atoms with Crippen LogP contribution in [0.15, 0.2) is 59.5 Å². The number of carbonyl (C=O) groups is 1. The fourth-order valence-corrected chi connectivity index (χ4v) is 4.74. The zero-order chi connectivity index (χ0) is 19.3. The van der Waals surface area contributed by atoms with E-state index in [0.29, 0.717) is 37.4 Å². The topological polar surface area (TPSA) is 75.7 Å². The fourth-order valence-electron chi connectivity index (χ4n) is 3.19. The molecule has 1 atom stereocenters. The van der Waals surface area contributed by atoms with Gasteiger partial charge < -0.3 is 10.1 Å². The Morgan fingerprint density at radius 2 is 1.96 bits per heavy atom. The van der Waals surface area contributed by atoms with Crippen molar-refractivity contribution in [1.82, 2.24) is 4.31 Å². The number of nitrogens with one attached hydrogen (secondary N) is 1. The third-order valence-corrected chi connectivity index (χ3v) is 6.43. The van der Waals surface area contributed by atoms with Crippen LogP contribution in [0.25, 0.3) is 0 Å². The van der Waals surface area contributed by atoms with E-state index < -0.39 is 10.0 Å². The van der Waals surface area contributed by atoms with Gasteiger partial charge in [0.15, 0.2) is 0 Å². The number of piperidine rings is 1. The number of ether oxygens (including phenoxy) is 1. The van der Waals surface area contributed by atoms with Crippen molar-refractivity contribution in [1.29, 1.82) is 0 Å². The van der Waals surface area contributed by atoms with Crippen LogP contribution in [0, 0.1) is 5.92 Å². The maximum Gasteiger partial charge on any atom is 0.243 e. The van der Waals surface area contributed by atoms with Gasteiger partial charge in [0.1, 0.15) is 5.75 Å². The van der Waals surface area contributed by atoms with Gasteiger partial charge in [-0.3, -0.25) is 4.79 Å². The lowest BCUT2D eigenvalue weighted by Gasteiger charge is -2.31. The van der Waals surface area contributed by atoms with E-state index >= 15 is 0 Å². The molecule has 27 heavy (non-hydrogen) atoms. The summed E-state index contributed by atoms with van der Waals surface area (Å²) in [5.41, 5.74) is 0.647. The smallest absolute Gasteiger partial charge is 0.243 e. The molecule has 7 heteroatoms. The first-order valence-corrected chi connectivity index (χ1v) is 10.5. The van der Waals surface area contributed by atoms with Crippen molar-refractivity contribution in [2.75, 3.05) is 25.0 Å². The fraction of sp³-hybridized carbons (Fsp3) is 0.350. The van der Waals surface area contributed by atoms with E-state index in [0.717, 1.165) is 0 Å². The van der Waals surface area contributed by atoms with E-state index in [4.69, 9.17) is 4.74 Å². The number of hydrogen-bond acceptors (Lipinski definition) is 4. The lowest BCUT2D eigenvalue weighted by molar-refractivity contribution is -0.120. The first kappa shape index (κ1) is 19.4. The van der Waals surface area contributed by atoms with Crippen LogP contribution in [0.1, 0.15) is 19.8 Å². The summed E-state index contributed by atoms with van der Waals surface area (Å²) in [5.74, 6) is 0.136. The zero-order valence-electron chi connectivity index (χ0n) is 15.3. The molecule has 0 radical (unpaired) electrons. The minimum atomic E-state index is -3.58. The van der Waals surface area contributed by atoms with Crippen molar-refractivity contribution in [3.05, 3.63) is 54.6 Å². The Bertz CT molecular complexity index is 884. The van der Waals surface area contributed by atoms with Gasteiger partial charge >= 0.3 is 0 Å². The van der Waals surface area contributed by atoms with E-state index in [1.807, 2.05) is 19.1 Å². The standard InChI is InChI=1S/C20H24N2O4S/c1-2-26-18-10-6-9-17(14-18)21-20(23)16-8-7-13-22(15-16)27(24,25)19-11-4-3-5-12-19/h3-6,9-12,14,16H,2,7-8,13,15H2,1H3,(H,21,23)/t16-/m0/s1. The van der Waals surface area contributed by atoms with Gasteiger partial charge in [0, 0.05) is 24.8 Å². The average Bonchev–Trinajstić information content (AvgIpc) is 2.69. The molecule has 144 valence electrons. The monoisotopic (exact) mass is 388 g/mol. The molecule has 3 rings (SSSR count). The molecule has 0 aliphatic carbocycles. The van der Waals surface area contributed by atoms with Gasteiger partial charge in [-0.15, -0.1) is 0 Å². The van der Waals surface area contributed by atoms with Crippen molar-refractivity contribution in [3.63, 3.8) is 0 Å². The van der Waals surface area contributed by atoms with E-state index in [1.165, 1.54) is 4.31 Å². The highest BCUT2D eigenvalue weighted by molar-refractivity contribution is 7.89. The molecule has 0 aromatic heterocycles. The predicted molar refractivity (Wildman–Crippen MR) is 104 cm³/mol. The summed E-state index contributed by atoms with van der Waals surface area (Å²) in [6.45, 7) is 3.07. The van der Waals surface area contributed by atoms with E-state index in [-0.39, 0.29) is 23.3 Å². The summed E-state index contributed by atoms with van der Waals surface area (Å²) in [6.07, 6.45) is 1.32. The number of sulfonamides is 1. The van der Waals surface area contributed by atoms with Crippen LogP contribution in [0.4, 0.5) is 5.69 Å². The largest absolute Gasteiger partial charge is 0.494 e. The van der Waals surface area contributed by atoms with Gasteiger partial charge in [0.25, 0.3) is 0 Å². The van der Waals surface area contributed by atoms with E-state index in [9.17, 15) is 13.2 Å². The number of anilines is 1. The van der Waals surface area contributed by atoms with Crippen LogP contribution in [0.3, 0.4) is 0 Å². The molecule has 1 N–H and O–H groups in total. The molecule has 2 aromatic rings. The number of nitrogens with zero attached hydrogens (tertiary/aromatic N) is 1. The molecule has 1 aliphatic heterocycles. The number of benzene rings is 2. The molecule has 1 saturated heterocycles. The van der Waals surface area contributed by atoms with Crippen molar-refractivity contribution < 1.29 is 17.9 Å². The van der Waals surface area contributed by atoms with Gasteiger partial charge in [-0.2, -0.15) is 4.31 Å². The van der Waals surface area contributed by atoms with Crippen molar-refractivity contribution in [2.45, 2.75) is 24.7 Å². The second kappa shape index (κ2) is 8.54. The summed E-state index contributed by atoms with van der Waals surface area (Å²) < 4.78 is 32.5. The summed E-state index contributed by atoms with van der Waals surface area (Å²) >= 11 is 0. The lowest BCUT2D eigenvalue weighted by Crippen LogP contribution is -2.43. The quantitative estimate of drug-likeness (QED) is 0.825. The normalized spacial score (nSPS) is 18.0. The molecule has 0 bridgehead atoms. The van der Waals surface area contributed by atoms with E-state index in [2.05, 4.69) is 5.32 Å². The summed E-state index contributed by atoms with van der Waals surface area (Å²) in [5, 5.41) is 2.88. The first-order valence-electron chi connectivity index (χ1n) is 9.09. The molecular formula is C20H24N2O4S. The Balaban J connectivity index is 1.69. The molecular weight excluding hydrogens is 364 g/mol. The number of carbonyl (C=O) groups excluding carboxylic acids is 1. The van der Waals surface area contributed by atoms with Crippen molar-refractivity contribution in [3.8, 4) is 5.75 Å². The molecule has 1 heterocycles. The Kier molecular flexibility index (Phi) is 6.13. The third-order valence-electron chi connectivity index (χ3n) is 4.55. The van der Waals surface area contributed by atoms with Crippen LogP contribution in [0.2, 0.25) is 0 Å². The zero-order valence-corrected chi connectivity index (χ0v) is 16.1. The Hall–Kier alpha value is -2.38. The lowest BCUT2D eigenvalue weighted by atomic mass is 9.98. The van der Waals surface area contributed by atoms with Crippen LogP contribution in [0.5, 0.6) is 5.75 Å². The highest BCUT2D eigenvalue weighted by Gasteiger charge is 2.33. The Morgan fingerprint density at radius 3 is 2.70 bits per heavy atom.